The minimum atomic E-state index is -0.339. The Morgan fingerprint density at radius 2 is 1.81 bits per heavy atom. The van der Waals surface area contributed by atoms with Gasteiger partial charge in [-0.25, -0.2) is 4.45 Å². The summed E-state index contributed by atoms with van der Waals surface area (Å²) in [6, 6.07) is 4.25. The second kappa shape index (κ2) is 5.19. The van der Waals surface area contributed by atoms with Gasteiger partial charge in [-0.05, 0) is 68.2 Å². The average molecular weight is 416 g/mol. The number of nitrogens with zero attached hydrogens (tertiary/aromatic N) is 2. The molecule has 0 N–H and O–H groups in total. The zero-order valence-electron chi connectivity index (χ0n) is 12.9. The Balaban J connectivity index is 2.13. The summed E-state index contributed by atoms with van der Waals surface area (Å²) in [5, 5.41) is 5.59. The molecule has 1 aromatic heterocycles. The van der Waals surface area contributed by atoms with Crippen LogP contribution < -0.4 is 5.46 Å². The van der Waals surface area contributed by atoms with Gasteiger partial charge in [-0.15, -0.1) is 0 Å². The first-order valence-electron chi connectivity index (χ1n) is 6.96. The van der Waals surface area contributed by atoms with Crippen LogP contribution in [0, 0.1) is 6.92 Å². The highest BCUT2D eigenvalue weighted by molar-refractivity contribution is 14.2. The van der Waals surface area contributed by atoms with Crippen LogP contribution in [0.2, 0.25) is 0 Å². The molecule has 112 valence electrons. The monoisotopic (exact) mass is 416 g/mol. The van der Waals surface area contributed by atoms with E-state index >= 15 is 0 Å². The molecule has 1 aliphatic heterocycles. The largest absolute Gasteiger partial charge is 0.495 e. The van der Waals surface area contributed by atoms with Crippen molar-refractivity contribution in [2.75, 3.05) is 0 Å². The van der Waals surface area contributed by atoms with Gasteiger partial charge in [0.1, 0.15) is 0 Å². The SMILES string of the molecule is Cc1ccc2c(cnn2PI)c1B1OC(C)(C)C(C)(C)O1. The zero-order valence-corrected chi connectivity index (χ0v) is 16.1. The van der Waals surface area contributed by atoms with E-state index in [0.717, 1.165) is 16.4 Å². The summed E-state index contributed by atoms with van der Waals surface area (Å²) >= 11 is 2.34. The molecule has 1 aromatic carbocycles. The van der Waals surface area contributed by atoms with Crippen molar-refractivity contribution in [1.29, 1.82) is 0 Å². The van der Waals surface area contributed by atoms with Crippen molar-refractivity contribution in [2.24, 2.45) is 0 Å². The van der Waals surface area contributed by atoms with E-state index in [9.17, 15) is 0 Å². The smallest absolute Gasteiger partial charge is 0.399 e. The number of halogens is 1. The minimum Gasteiger partial charge on any atom is -0.399 e. The highest BCUT2D eigenvalue weighted by Gasteiger charge is 2.52. The summed E-state index contributed by atoms with van der Waals surface area (Å²) in [7, 11) is -0.339. The molecule has 7 heteroatoms. The fourth-order valence-electron chi connectivity index (χ4n) is 2.57. The van der Waals surface area contributed by atoms with Gasteiger partial charge in [0.15, 0.2) is 0 Å². The molecule has 1 unspecified atom stereocenters. The van der Waals surface area contributed by atoms with Crippen LogP contribution in [-0.2, 0) is 9.31 Å². The Bertz CT molecular complexity index is 686. The van der Waals surface area contributed by atoms with Crippen molar-refractivity contribution in [1.82, 2.24) is 9.55 Å². The third-order valence-electron chi connectivity index (χ3n) is 4.58. The lowest BCUT2D eigenvalue weighted by molar-refractivity contribution is 0.00578. The van der Waals surface area contributed by atoms with E-state index in [-0.39, 0.29) is 18.3 Å². The number of rotatable bonds is 2. The normalized spacial score (nSPS) is 21.0. The summed E-state index contributed by atoms with van der Waals surface area (Å²) in [5.74, 6) is 0. The molecule has 2 heterocycles. The molecule has 0 amide bonds. The first kappa shape index (κ1) is 15.7. The molecule has 1 fully saturated rings. The fraction of sp³-hybridized carbons (Fsp3) is 0.500. The first-order chi connectivity index (χ1) is 9.77. The third-order valence-corrected chi connectivity index (χ3v) is 6.47. The van der Waals surface area contributed by atoms with E-state index < -0.39 is 0 Å². The van der Waals surface area contributed by atoms with Crippen LogP contribution in [0.5, 0.6) is 0 Å². The molecule has 2 aromatic rings. The predicted octanol–water partition coefficient (Wildman–Crippen LogP) is 3.44. The fourth-order valence-corrected chi connectivity index (χ4v) is 4.11. The highest BCUT2D eigenvalue weighted by atomic mass is 127. The number of benzene rings is 1. The van der Waals surface area contributed by atoms with Crippen LogP contribution >= 0.6 is 28.4 Å². The van der Waals surface area contributed by atoms with Gasteiger partial charge in [0.25, 0.3) is 0 Å². The van der Waals surface area contributed by atoms with Crippen LogP contribution in [-0.4, -0.2) is 27.9 Å². The van der Waals surface area contributed by atoms with E-state index in [1.807, 2.05) is 10.6 Å². The van der Waals surface area contributed by atoms with Crippen LogP contribution in [0.15, 0.2) is 18.3 Å². The number of aromatic nitrogens is 2. The maximum Gasteiger partial charge on any atom is 0.495 e. The molecular formula is C14H19BIN2O2P. The van der Waals surface area contributed by atoms with Crippen molar-refractivity contribution in [3.05, 3.63) is 23.9 Å². The number of fused-ring (bicyclic) bond motifs is 1. The Morgan fingerprint density at radius 3 is 2.38 bits per heavy atom. The highest BCUT2D eigenvalue weighted by Crippen LogP contribution is 2.37. The maximum atomic E-state index is 6.22. The van der Waals surface area contributed by atoms with Crippen LogP contribution in [0.3, 0.4) is 0 Å². The lowest BCUT2D eigenvalue weighted by Gasteiger charge is -2.32. The van der Waals surface area contributed by atoms with Gasteiger partial charge in [-0.2, -0.15) is 5.10 Å². The molecule has 1 atom stereocenters. The summed E-state index contributed by atoms with van der Waals surface area (Å²) in [5.41, 5.74) is 2.77. The van der Waals surface area contributed by atoms with Crippen molar-refractivity contribution >= 4 is 51.9 Å². The Kier molecular flexibility index (Phi) is 3.88. The van der Waals surface area contributed by atoms with Crippen molar-refractivity contribution in [2.45, 2.75) is 45.8 Å². The van der Waals surface area contributed by atoms with E-state index in [0.29, 0.717) is 6.37 Å². The number of aryl methyl sites for hydroxylation is 1. The Labute approximate surface area is 140 Å². The molecule has 0 saturated carbocycles. The van der Waals surface area contributed by atoms with Crippen LogP contribution in [0.4, 0.5) is 0 Å². The summed E-state index contributed by atoms with van der Waals surface area (Å²) in [6.07, 6.45) is 2.51. The van der Waals surface area contributed by atoms with E-state index in [2.05, 4.69) is 73.9 Å². The molecule has 4 nitrogen and oxygen atoms in total. The molecule has 1 saturated heterocycles. The van der Waals surface area contributed by atoms with Crippen molar-refractivity contribution < 1.29 is 9.31 Å². The summed E-state index contributed by atoms with van der Waals surface area (Å²) in [6.45, 7) is 10.4. The summed E-state index contributed by atoms with van der Waals surface area (Å²) in [4.78, 5) is 0. The third kappa shape index (κ3) is 2.44. The summed E-state index contributed by atoms with van der Waals surface area (Å²) < 4.78 is 14.5. The van der Waals surface area contributed by atoms with Gasteiger partial charge in [-0.1, -0.05) is 11.6 Å². The number of hydrogen-bond acceptors (Lipinski definition) is 3. The molecule has 0 aliphatic carbocycles. The Hall–Kier alpha value is -0.165. The van der Waals surface area contributed by atoms with Gasteiger partial charge in [0.2, 0.25) is 0 Å². The minimum absolute atomic E-state index is 0.326. The lowest BCUT2D eigenvalue weighted by atomic mass is 9.74. The maximum absolute atomic E-state index is 6.22. The van der Waals surface area contributed by atoms with E-state index in [1.54, 1.807) is 0 Å². The molecule has 0 radical (unpaired) electrons. The second-order valence-corrected chi connectivity index (χ2v) is 8.50. The van der Waals surface area contributed by atoms with E-state index in [4.69, 9.17) is 9.31 Å². The zero-order chi connectivity index (χ0) is 15.4. The first-order valence-corrected chi connectivity index (χ1v) is 11.0. The van der Waals surface area contributed by atoms with Crippen LogP contribution in [0.1, 0.15) is 33.3 Å². The predicted molar refractivity (Wildman–Crippen MR) is 97.9 cm³/mol. The van der Waals surface area contributed by atoms with Gasteiger partial charge < -0.3 is 9.31 Å². The van der Waals surface area contributed by atoms with Crippen molar-refractivity contribution in [3.63, 3.8) is 0 Å². The molecular weight excluding hydrogens is 397 g/mol. The van der Waals surface area contributed by atoms with Gasteiger partial charge in [0, 0.05) is 5.39 Å². The average Bonchev–Trinajstić information content (AvgIpc) is 2.87. The molecule has 0 spiro atoms. The van der Waals surface area contributed by atoms with Crippen molar-refractivity contribution in [3.8, 4) is 0 Å². The van der Waals surface area contributed by atoms with Gasteiger partial charge >= 0.3 is 7.12 Å². The molecule has 21 heavy (non-hydrogen) atoms. The molecule has 0 bridgehead atoms. The second-order valence-electron chi connectivity index (χ2n) is 6.46. The lowest BCUT2D eigenvalue weighted by Crippen LogP contribution is -2.41. The van der Waals surface area contributed by atoms with Crippen LogP contribution in [0.25, 0.3) is 10.9 Å². The van der Waals surface area contributed by atoms with Gasteiger partial charge in [-0.3, -0.25) is 0 Å². The topological polar surface area (TPSA) is 36.3 Å². The number of hydrogen-bond donors (Lipinski definition) is 0. The quantitative estimate of drug-likeness (QED) is 0.428. The molecule has 1 aliphatic rings. The molecule has 3 rings (SSSR count). The van der Waals surface area contributed by atoms with Gasteiger partial charge in [0.05, 0.1) is 29.3 Å². The Morgan fingerprint density at radius 1 is 1.19 bits per heavy atom. The van der Waals surface area contributed by atoms with E-state index in [1.165, 1.54) is 5.56 Å². The standard InChI is InChI=1S/C14H19BIN2O2P/c1-9-6-7-11-10(8-17-18(11)21-16)12(9)15-19-13(2,3)14(4,5)20-15/h6-8,21H,1-5H3.